The monoisotopic (exact) mass is 334 g/mol. The third-order valence-electron chi connectivity index (χ3n) is 3.56. The number of amides is 2. The van der Waals surface area contributed by atoms with Gasteiger partial charge in [-0.05, 0) is 25.2 Å². The van der Waals surface area contributed by atoms with E-state index < -0.39 is 12.0 Å². The first-order valence-electron chi connectivity index (χ1n) is 7.62. The third-order valence-corrected chi connectivity index (χ3v) is 4.43. The molecule has 1 aliphatic heterocycles. The molecule has 0 fully saturated rings. The van der Waals surface area contributed by atoms with E-state index in [2.05, 4.69) is 17.6 Å². The summed E-state index contributed by atoms with van der Waals surface area (Å²) in [4.78, 5) is 24.2. The van der Waals surface area contributed by atoms with Gasteiger partial charge in [0.1, 0.15) is 6.61 Å². The highest BCUT2D eigenvalue weighted by atomic mass is 32.2. The highest BCUT2D eigenvalue weighted by Crippen LogP contribution is 2.27. The van der Waals surface area contributed by atoms with Crippen molar-refractivity contribution >= 4 is 23.8 Å². The van der Waals surface area contributed by atoms with Gasteiger partial charge < -0.3 is 15.4 Å². The van der Waals surface area contributed by atoms with E-state index in [0.717, 1.165) is 22.6 Å². The molecule has 1 heterocycles. The lowest BCUT2D eigenvalue weighted by atomic mass is 9.95. The predicted molar refractivity (Wildman–Crippen MR) is 92.2 cm³/mol. The molecule has 2 amide bonds. The Morgan fingerprint density at radius 1 is 1.26 bits per heavy atom. The first kappa shape index (κ1) is 17.4. The molecule has 0 saturated heterocycles. The molecule has 1 unspecified atom stereocenters. The first-order valence-corrected chi connectivity index (χ1v) is 8.78. The summed E-state index contributed by atoms with van der Waals surface area (Å²) in [7, 11) is 0. The second kappa shape index (κ2) is 8.06. The number of carbonyl (C=O) groups is 2. The maximum atomic E-state index is 12.4. The van der Waals surface area contributed by atoms with E-state index in [1.807, 2.05) is 31.2 Å². The number of rotatable bonds is 6. The largest absolute Gasteiger partial charge is 0.461 e. The Bertz CT molecular complexity index is 611. The molecule has 2 N–H and O–H groups in total. The van der Waals surface area contributed by atoms with Crippen molar-refractivity contribution in [2.24, 2.45) is 0 Å². The van der Waals surface area contributed by atoms with Crippen LogP contribution in [0.15, 0.2) is 35.5 Å². The van der Waals surface area contributed by atoms with Crippen LogP contribution >= 0.6 is 11.8 Å². The molecular weight excluding hydrogens is 312 g/mol. The molecule has 5 nitrogen and oxygen atoms in total. The van der Waals surface area contributed by atoms with Gasteiger partial charge in [0, 0.05) is 11.4 Å². The number of benzene rings is 1. The number of hydrogen-bond acceptors (Lipinski definition) is 4. The fourth-order valence-corrected chi connectivity index (χ4v) is 2.88. The molecular formula is C17H22N2O3S. The maximum Gasteiger partial charge on any atom is 0.338 e. The van der Waals surface area contributed by atoms with Crippen molar-refractivity contribution in [3.63, 3.8) is 0 Å². The standard InChI is InChI=1S/C17H22N2O3S/c1-4-23-10-9-22-16(20)14-12(3)18-17(21)19-15(14)13-7-5-11(2)6-8-13/h5-8,15H,4,9-10H2,1-3H3,(H2,18,19,21). The van der Waals surface area contributed by atoms with Gasteiger partial charge in [-0.3, -0.25) is 0 Å². The van der Waals surface area contributed by atoms with Crippen LogP contribution in [-0.2, 0) is 9.53 Å². The van der Waals surface area contributed by atoms with Crippen LogP contribution in [0.4, 0.5) is 4.79 Å². The zero-order valence-electron chi connectivity index (χ0n) is 13.6. The summed E-state index contributed by atoms with van der Waals surface area (Å²) in [6.07, 6.45) is 0. The number of esters is 1. The molecule has 124 valence electrons. The Balaban J connectivity index is 2.20. The van der Waals surface area contributed by atoms with Gasteiger partial charge in [0.25, 0.3) is 0 Å². The molecule has 0 aromatic heterocycles. The van der Waals surface area contributed by atoms with Gasteiger partial charge in [-0.1, -0.05) is 36.8 Å². The molecule has 0 spiro atoms. The van der Waals surface area contributed by atoms with E-state index in [-0.39, 0.29) is 6.03 Å². The molecule has 0 radical (unpaired) electrons. The highest BCUT2D eigenvalue weighted by Gasteiger charge is 2.32. The molecule has 6 heteroatoms. The molecule has 2 rings (SSSR count). The second-order valence-electron chi connectivity index (χ2n) is 5.31. The molecule has 1 aliphatic rings. The molecule has 1 aromatic carbocycles. The average Bonchev–Trinajstić information content (AvgIpc) is 2.51. The van der Waals surface area contributed by atoms with Gasteiger partial charge in [-0.15, -0.1) is 0 Å². The minimum atomic E-state index is -0.490. The lowest BCUT2D eigenvalue weighted by Gasteiger charge is -2.28. The van der Waals surface area contributed by atoms with Crippen LogP contribution in [0.25, 0.3) is 0 Å². The van der Waals surface area contributed by atoms with Crippen LogP contribution in [-0.4, -0.2) is 30.1 Å². The SMILES string of the molecule is CCSCCOC(=O)C1=C(C)NC(=O)NC1c1ccc(C)cc1. The van der Waals surface area contributed by atoms with Gasteiger partial charge >= 0.3 is 12.0 Å². The van der Waals surface area contributed by atoms with Crippen molar-refractivity contribution in [1.82, 2.24) is 10.6 Å². The molecule has 23 heavy (non-hydrogen) atoms. The minimum absolute atomic E-state index is 0.314. The number of thioether (sulfide) groups is 1. The van der Waals surface area contributed by atoms with E-state index in [4.69, 9.17) is 4.74 Å². The van der Waals surface area contributed by atoms with Gasteiger partial charge in [0.05, 0.1) is 11.6 Å². The molecule has 0 saturated carbocycles. The minimum Gasteiger partial charge on any atom is -0.461 e. The molecule has 0 aliphatic carbocycles. The first-order chi connectivity index (χ1) is 11.0. The van der Waals surface area contributed by atoms with E-state index in [9.17, 15) is 9.59 Å². The van der Waals surface area contributed by atoms with E-state index in [1.165, 1.54) is 0 Å². The van der Waals surface area contributed by atoms with Crippen molar-refractivity contribution < 1.29 is 14.3 Å². The van der Waals surface area contributed by atoms with Crippen molar-refractivity contribution in [2.45, 2.75) is 26.8 Å². The number of carbonyl (C=O) groups excluding carboxylic acids is 2. The number of hydrogen-bond donors (Lipinski definition) is 2. The third kappa shape index (κ3) is 4.51. The van der Waals surface area contributed by atoms with Crippen molar-refractivity contribution in [1.29, 1.82) is 0 Å². The Kier molecular flexibility index (Phi) is 6.10. The van der Waals surface area contributed by atoms with Crippen LogP contribution in [0.3, 0.4) is 0 Å². The topological polar surface area (TPSA) is 67.4 Å². The lowest BCUT2D eigenvalue weighted by molar-refractivity contribution is -0.138. The lowest BCUT2D eigenvalue weighted by Crippen LogP contribution is -2.45. The summed E-state index contributed by atoms with van der Waals surface area (Å²) < 4.78 is 5.36. The summed E-state index contributed by atoms with van der Waals surface area (Å²) >= 11 is 1.72. The van der Waals surface area contributed by atoms with Crippen LogP contribution in [0.1, 0.15) is 31.0 Å². The smallest absolute Gasteiger partial charge is 0.338 e. The van der Waals surface area contributed by atoms with Gasteiger partial charge in [0.15, 0.2) is 0 Å². The average molecular weight is 334 g/mol. The summed E-state index contributed by atoms with van der Waals surface area (Å²) in [5.74, 6) is 1.36. The Labute approximate surface area is 140 Å². The second-order valence-corrected chi connectivity index (χ2v) is 6.71. The summed E-state index contributed by atoms with van der Waals surface area (Å²) in [5.41, 5.74) is 2.97. The quantitative estimate of drug-likeness (QED) is 0.620. The van der Waals surface area contributed by atoms with Crippen LogP contribution in [0.5, 0.6) is 0 Å². The normalized spacial score (nSPS) is 17.5. The molecule has 1 aromatic rings. The highest BCUT2D eigenvalue weighted by molar-refractivity contribution is 7.99. The molecule has 0 bridgehead atoms. The van der Waals surface area contributed by atoms with Gasteiger partial charge in [-0.2, -0.15) is 11.8 Å². The number of ether oxygens (including phenoxy) is 1. The number of allylic oxidation sites excluding steroid dienone is 1. The molecule has 1 atom stereocenters. The summed E-state index contributed by atoms with van der Waals surface area (Å²) in [6.45, 7) is 6.14. The maximum absolute atomic E-state index is 12.4. The van der Waals surface area contributed by atoms with Gasteiger partial charge in [-0.25, -0.2) is 9.59 Å². The van der Waals surface area contributed by atoms with Crippen LogP contribution in [0.2, 0.25) is 0 Å². The fourth-order valence-electron chi connectivity index (χ4n) is 2.39. The van der Waals surface area contributed by atoms with Crippen LogP contribution < -0.4 is 10.6 Å². The Morgan fingerprint density at radius 3 is 2.61 bits per heavy atom. The predicted octanol–water partition coefficient (Wildman–Crippen LogP) is 2.92. The van der Waals surface area contributed by atoms with E-state index >= 15 is 0 Å². The summed E-state index contributed by atoms with van der Waals surface area (Å²) in [6, 6.07) is 6.94. The van der Waals surface area contributed by atoms with Crippen LogP contribution in [0, 0.1) is 6.92 Å². The van der Waals surface area contributed by atoms with Gasteiger partial charge in [0.2, 0.25) is 0 Å². The summed E-state index contributed by atoms with van der Waals surface area (Å²) in [5, 5.41) is 5.45. The van der Waals surface area contributed by atoms with Crippen molar-refractivity contribution in [3.8, 4) is 0 Å². The number of nitrogens with one attached hydrogen (secondary N) is 2. The zero-order chi connectivity index (χ0) is 16.8. The number of aryl methyl sites for hydroxylation is 1. The Hall–Kier alpha value is -1.95. The van der Waals surface area contributed by atoms with Crippen molar-refractivity contribution in [2.75, 3.05) is 18.1 Å². The van der Waals surface area contributed by atoms with E-state index in [0.29, 0.717) is 17.9 Å². The van der Waals surface area contributed by atoms with E-state index in [1.54, 1.807) is 18.7 Å². The zero-order valence-corrected chi connectivity index (χ0v) is 14.5. The van der Waals surface area contributed by atoms with Crippen molar-refractivity contribution in [3.05, 3.63) is 46.7 Å². The number of urea groups is 1. The Morgan fingerprint density at radius 2 is 1.96 bits per heavy atom. The fraction of sp³-hybridized carbons (Fsp3) is 0.412.